The predicted octanol–water partition coefficient (Wildman–Crippen LogP) is 2.20. The summed E-state index contributed by atoms with van der Waals surface area (Å²) in [6, 6.07) is 0.0821. The molecule has 0 saturated heterocycles. The Kier molecular flexibility index (Phi) is 3.35. The first-order valence-electron chi connectivity index (χ1n) is 5.71. The molecular formula is C12H16ClN3O. The van der Waals surface area contributed by atoms with Crippen LogP contribution < -0.4 is 5.73 Å². The lowest BCUT2D eigenvalue weighted by Crippen LogP contribution is -2.22. The Bertz CT molecular complexity index is 464. The minimum absolute atomic E-state index is 0.00500. The third-order valence-corrected chi connectivity index (χ3v) is 3.20. The Morgan fingerprint density at radius 3 is 2.82 bits per heavy atom. The molecule has 0 saturated carbocycles. The van der Waals surface area contributed by atoms with Gasteiger partial charge in [-0.2, -0.15) is 5.10 Å². The van der Waals surface area contributed by atoms with Gasteiger partial charge in [-0.05, 0) is 20.3 Å². The van der Waals surface area contributed by atoms with Gasteiger partial charge in [-0.3, -0.25) is 9.48 Å². The largest absolute Gasteiger partial charge is 0.324 e. The number of aromatic nitrogens is 2. The molecule has 1 aromatic heterocycles. The van der Waals surface area contributed by atoms with Crippen molar-refractivity contribution in [1.82, 2.24) is 9.78 Å². The van der Waals surface area contributed by atoms with Gasteiger partial charge in [0, 0.05) is 18.0 Å². The fourth-order valence-electron chi connectivity index (χ4n) is 2.06. The van der Waals surface area contributed by atoms with Crippen LogP contribution in [0.5, 0.6) is 0 Å². The van der Waals surface area contributed by atoms with Crippen molar-refractivity contribution in [2.75, 3.05) is 0 Å². The van der Waals surface area contributed by atoms with Crippen LogP contribution in [0.4, 0.5) is 0 Å². The number of allylic oxidation sites excluding steroid dienone is 1. The van der Waals surface area contributed by atoms with Crippen molar-refractivity contribution >= 4 is 17.4 Å². The van der Waals surface area contributed by atoms with Gasteiger partial charge in [0.05, 0.1) is 11.2 Å². The van der Waals surface area contributed by atoms with Gasteiger partial charge in [-0.15, -0.1) is 0 Å². The molecule has 1 aliphatic rings. The number of hydrogen-bond donors (Lipinski definition) is 1. The van der Waals surface area contributed by atoms with E-state index in [1.807, 2.05) is 26.0 Å². The van der Waals surface area contributed by atoms with E-state index in [0.29, 0.717) is 17.1 Å². The van der Waals surface area contributed by atoms with E-state index in [-0.39, 0.29) is 23.8 Å². The smallest absolute Gasteiger partial charge is 0.189 e. The predicted molar refractivity (Wildman–Crippen MR) is 67.2 cm³/mol. The van der Waals surface area contributed by atoms with Gasteiger partial charge in [0.1, 0.15) is 5.69 Å². The van der Waals surface area contributed by atoms with E-state index in [1.54, 1.807) is 4.68 Å². The van der Waals surface area contributed by atoms with Crippen molar-refractivity contribution in [2.24, 2.45) is 11.7 Å². The highest BCUT2D eigenvalue weighted by Crippen LogP contribution is 2.26. The molecule has 5 heteroatoms. The van der Waals surface area contributed by atoms with Gasteiger partial charge < -0.3 is 5.73 Å². The summed E-state index contributed by atoms with van der Waals surface area (Å²) in [7, 11) is 0. The Balaban J connectivity index is 2.31. The molecule has 17 heavy (non-hydrogen) atoms. The molecule has 0 fully saturated rings. The molecular weight excluding hydrogens is 238 g/mol. The van der Waals surface area contributed by atoms with E-state index in [0.717, 1.165) is 0 Å². The van der Waals surface area contributed by atoms with Gasteiger partial charge >= 0.3 is 0 Å². The number of carbonyl (C=O) groups excluding carboxylic acids is 1. The molecule has 2 rings (SSSR count). The maximum atomic E-state index is 12.3. The maximum absolute atomic E-state index is 12.3. The highest BCUT2D eigenvalue weighted by molar-refractivity contribution is 6.33. The van der Waals surface area contributed by atoms with Crippen molar-refractivity contribution in [2.45, 2.75) is 32.4 Å². The van der Waals surface area contributed by atoms with Crippen LogP contribution in [0.15, 0.2) is 18.3 Å². The number of Topliss-reactive ketones (excluding diaryl/α,β-unsaturated/α-hetero) is 1. The fourth-order valence-corrected chi connectivity index (χ4v) is 2.28. The quantitative estimate of drug-likeness (QED) is 0.664. The summed E-state index contributed by atoms with van der Waals surface area (Å²) in [5.74, 6) is -0.165. The number of carbonyl (C=O) groups is 1. The van der Waals surface area contributed by atoms with E-state index in [1.165, 1.54) is 6.20 Å². The van der Waals surface area contributed by atoms with Gasteiger partial charge in [0.15, 0.2) is 5.78 Å². The van der Waals surface area contributed by atoms with Gasteiger partial charge in [0.2, 0.25) is 0 Å². The lowest BCUT2D eigenvalue weighted by molar-refractivity contribution is 0.0930. The highest BCUT2D eigenvalue weighted by atomic mass is 35.5. The molecule has 1 heterocycles. The summed E-state index contributed by atoms with van der Waals surface area (Å²) in [6.45, 7) is 3.94. The average molecular weight is 254 g/mol. The van der Waals surface area contributed by atoms with Crippen LogP contribution in [-0.4, -0.2) is 21.6 Å². The second kappa shape index (κ2) is 4.63. The molecule has 1 aromatic rings. The van der Waals surface area contributed by atoms with Crippen LogP contribution in [0.25, 0.3) is 0 Å². The first kappa shape index (κ1) is 12.3. The summed E-state index contributed by atoms with van der Waals surface area (Å²) in [4.78, 5) is 12.3. The zero-order chi connectivity index (χ0) is 12.6. The molecule has 2 atom stereocenters. The Morgan fingerprint density at radius 1 is 1.59 bits per heavy atom. The van der Waals surface area contributed by atoms with E-state index in [9.17, 15) is 4.79 Å². The van der Waals surface area contributed by atoms with Crippen LogP contribution in [0.3, 0.4) is 0 Å². The molecule has 2 N–H and O–H groups in total. The molecule has 1 aliphatic carbocycles. The van der Waals surface area contributed by atoms with Gasteiger partial charge in [-0.1, -0.05) is 23.8 Å². The summed E-state index contributed by atoms with van der Waals surface area (Å²) >= 11 is 6.04. The first-order valence-corrected chi connectivity index (χ1v) is 6.09. The molecule has 4 nitrogen and oxygen atoms in total. The Hall–Kier alpha value is -1.13. The van der Waals surface area contributed by atoms with Crippen molar-refractivity contribution in [3.05, 3.63) is 29.1 Å². The standard InChI is InChI=1S/C12H16ClN3O/c1-7(2)16-11(10(13)6-15-16)12(17)8-3-4-9(14)5-8/h3-4,6-9H,5,14H2,1-2H3. The number of rotatable bonds is 3. The zero-order valence-corrected chi connectivity index (χ0v) is 10.7. The monoisotopic (exact) mass is 253 g/mol. The zero-order valence-electron chi connectivity index (χ0n) is 9.93. The number of nitrogens with zero attached hydrogens (tertiary/aromatic N) is 2. The average Bonchev–Trinajstić information content (AvgIpc) is 2.83. The SMILES string of the molecule is CC(C)n1ncc(Cl)c1C(=O)C1C=CC(N)C1. The van der Waals surface area contributed by atoms with Crippen LogP contribution in [0.2, 0.25) is 5.02 Å². The third-order valence-electron chi connectivity index (χ3n) is 2.93. The number of hydrogen-bond acceptors (Lipinski definition) is 3. The first-order chi connectivity index (χ1) is 8.00. The second-order valence-electron chi connectivity index (χ2n) is 4.63. The van der Waals surface area contributed by atoms with Crippen LogP contribution in [0, 0.1) is 5.92 Å². The molecule has 0 bridgehead atoms. The Morgan fingerprint density at radius 2 is 2.29 bits per heavy atom. The van der Waals surface area contributed by atoms with E-state index in [4.69, 9.17) is 17.3 Å². The lowest BCUT2D eigenvalue weighted by Gasteiger charge is -2.13. The number of nitrogens with two attached hydrogens (primary N) is 1. The minimum atomic E-state index is -0.170. The molecule has 0 radical (unpaired) electrons. The molecule has 0 spiro atoms. The third kappa shape index (κ3) is 2.28. The summed E-state index contributed by atoms with van der Waals surface area (Å²) < 4.78 is 1.67. The normalized spacial score (nSPS) is 23.6. The summed E-state index contributed by atoms with van der Waals surface area (Å²) in [5.41, 5.74) is 6.25. The summed E-state index contributed by atoms with van der Waals surface area (Å²) in [6.07, 6.45) is 5.90. The van der Waals surface area contributed by atoms with E-state index < -0.39 is 0 Å². The van der Waals surface area contributed by atoms with Crippen molar-refractivity contribution in [3.63, 3.8) is 0 Å². The van der Waals surface area contributed by atoms with Gasteiger partial charge in [0.25, 0.3) is 0 Å². The fraction of sp³-hybridized carbons (Fsp3) is 0.500. The molecule has 92 valence electrons. The van der Waals surface area contributed by atoms with Crippen LogP contribution >= 0.6 is 11.6 Å². The van der Waals surface area contributed by atoms with Crippen LogP contribution in [-0.2, 0) is 0 Å². The van der Waals surface area contributed by atoms with E-state index in [2.05, 4.69) is 5.10 Å². The Labute approximate surface area is 105 Å². The minimum Gasteiger partial charge on any atom is -0.324 e. The molecule has 2 unspecified atom stereocenters. The van der Waals surface area contributed by atoms with Crippen LogP contribution in [0.1, 0.15) is 36.8 Å². The lowest BCUT2D eigenvalue weighted by atomic mass is 10.00. The highest BCUT2D eigenvalue weighted by Gasteiger charge is 2.28. The van der Waals surface area contributed by atoms with Crippen molar-refractivity contribution in [1.29, 1.82) is 0 Å². The molecule has 0 amide bonds. The molecule has 0 aromatic carbocycles. The maximum Gasteiger partial charge on any atom is 0.189 e. The second-order valence-corrected chi connectivity index (χ2v) is 5.04. The van der Waals surface area contributed by atoms with Crippen molar-refractivity contribution < 1.29 is 4.79 Å². The number of halogens is 1. The van der Waals surface area contributed by atoms with E-state index >= 15 is 0 Å². The topological polar surface area (TPSA) is 60.9 Å². The summed E-state index contributed by atoms with van der Waals surface area (Å²) in [5, 5.41) is 4.55. The molecule has 0 aliphatic heterocycles. The van der Waals surface area contributed by atoms with Crippen molar-refractivity contribution in [3.8, 4) is 0 Å². The number of ketones is 1. The van der Waals surface area contributed by atoms with Gasteiger partial charge in [-0.25, -0.2) is 0 Å².